The highest BCUT2D eigenvalue weighted by atomic mass is 79.9. The molecular weight excluding hydrogens is 506 g/mol. The Bertz CT molecular complexity index is 1260. The molecule has 1 N–H and O–H groups in total. The van der Waals surface area contributed by atoms with Crippen molar-refractivity contribution in [1.29, 1.82) is 0 Å². The number of hydrogen-bond acceptors (Lipinski definition) is 5. The number of carbonyl (C=O) groups excluding carboxylic acids is 1. The minimum Gasteiger partial charge on any atom is -0.495 e. The molecule has 0 aliphatic carbocycles. The van der Waals surface area contributed by atoms with Crippen LogP contribution in [0.25, 0.3) is 0 Å². The first-order chi connectivity index (χ1) is 15.7. The molecule has 7 nitrogen and oxygen atoms in total. The van der Waals surface area contributed by atoms with Crippen molar-refractivity contribution >= 4 is 43.3 Å². The van der Waals surface area contributed by atoms with Gasteiger partial charge >= 0.3 is 0 Å². The molecule has 3 aromatic carbocycles. The summed E-state index contributed by atoms with van der Waals surface area (Å²) in [5.74, 6) is -0.261. The van der Waals surface area contributed by atoms with E-state index in [1.165, 1.54) is 19.2 Å². The molecule has 1 amide bonds. The van der Waals surface area contributed by atoms with E-state index in [2.05, 4.69) is 26.5 Å². The van der Waals surface area contributed by atoms with Gasteiger partial charge in [-0.1, -0.05) is 57.9 Å². The molecule has 0 spiro atoms. The maximum atomic E-state index is 13.5. The normalized spacial score (nSPS) is 11.7. The lowest BCUT2D eigenvalue weighted by molar-refractivity contribution is -0.119. The summed E-state index contributed by atoms with van der Waals surface area (Å²) >= 11 is 3.38. The molecule has 33 heavy (non-hydrogen) atoms. The van der Waals surface area contributed by atoms with Crippen LogP contribution in [0.1, 0.15) is 18.1 Å². The molecule has 0 atom stereocenters. The summed E-state index contributed by atoms with van der Waals surface area (Å²) < 4.78 is 34.3. The number of methoxy groups -OCH3 is 1. The van der Waals surface area contributed by atoms with E-state index in [4.69, 9.17) is 4.74 Å². The average Bonchev–Trinajstić information content (AvgIpc) is 2.81. The number of benzene rings is 3. The summed E-state index contributed by atoms with van der Waals surface area (Å²) in [4.78, 5) is 12.8. The van der Waals surface area contributed by atoms with Crippen molar-refractivity contribution in [2.45, 2.75) is 18.7 Å². The Labute approximate surface area is 202 Å². The highest BCUT2D eigenvalue weighted by molar-refractivity contribution is 9.10. The number of anilines is 1. The monoisotopic (exact) mass is 529 g/mol. The third-order valence-electron chi connectivity index (χ3n) is 4.86. The van der Waals surface area contributed by atoms with Gasteiger partial charge in [0.15, 0.2) is 0 Å². The number of nitrogens with one attached hydrogen (secondary N) is 1. The fourth-order valence-electron chi connectivity index (χ4n) is 3.04. The quantitative estimate of drug-likeness (QED) is 0.343. The number of halogens is 1. The Morgan fingerprint density at radius 2 is 1.67 bits per heavy atom. The number of sulfonamides is 1. The second kappa shape index (κ2) is 10.6. The first kappa shape index (κ1) is 24.5. The summed E-state index contributed by atoms with van der Waals surface area (Å²) in [7, 11) is -2.61. The fourth-order valence-corrected chi connectivity index (χ4v) is 4.74. The SMILES string of the molecule is COc1ccccc1N(CC(=O)N/N=C(\C)c1ccc(Br)cc1)S(=O)(=O)c1ccc(C)cc1. The highest BCUT2D eigenvalue weighted by Crippen LogP contribution is 2.32. The minimum absolute atomic E-state index is 0.0707. The zero-order chi connectivity index (χ0) is 24.0. The van der Waals surface area contributed by atoms with Gasteiger partial charge in [0, 0.05) is 4.47 Å². The molecule has 0 radical (unpaired) electrons. The molecule has 0 aliphatic heterocycles. The van der Waals surface area contributed by atoms with E-state index in [0.717, 1.165) is 19.9 Å². The van der Waals surface area contributed by atoms with Gasteiger partial charge in [0.2, 0.25) is 0 Å². The maximum Gasteiger partial charge on any atom is 0.264 e. The maximum absolute atomic E-state index is 13.5. The van der Waals surface area contributed by atoms with Gasteiger partial charge in [-0.3, -0.25) is 9.10 Å². The summed E-state index contributed by atoms with van der Waals surface area (Å²) in [6.07, 6.45) is 0. The molecule has 172 valence electrons. The van der Waals surface area contributed by atoms with Crippen LogP contribution in [0.5, 0.6) is 5.75 Å². The van der Waals surface area contributed by atoms with Crippen molar-refractivity contribution in [2.75, 3.05) is 18.0 Å². The van der Waals surface area contributed by atoms with Crippen LogP contribution in [-0.2, 0) is 14.8 Å². The van der Waals surface area contributed by atoms with Gasteiger partial charge in [-0.15, -0.1) is 0 Å². The lowest BCUT2D eigenvalue weighted by Crippen LogP contribution is -2.40. The smallest absolute Gasteiger partial charge is 0.264 e. The van der Waals surface area contributed by atoms with E-state index in [-0.39, 0.29) is 10.6 Å². The van der Waals surface area contributed by atoms with E-state index in [1.54, 1.807) is 43.3 Å². The number of nitrogens with zero attached hydrogens (tertiary/aromatic N) is 2. The molecule has 0 saturated carbocycles. The van der Waals surface area contributed by atoms with E-state index < -0.39 is 22.5 Å². The number of carbonyl (C=O) groups is 1. The standard InChI is InChI=1S/C24H24BrN3O4S/c1-17-8-14-21(15-9-17)33(30,31)28(22-6-4-5-7-23(22)32-3)16-24(29)27-26-18(2)19-10-12-20(25)13-11-19/h4-15H,16H2,1-3H3,(H,27,29)/b26-18+. The van der Waals surface area contributed by atoms with Crippen LogP contribution < -0.4 is 14.5 Å². The molecule has 0 aliphatic rings. The van der Waals surface area contributed by atoms with Crippen LogP contribution in [0.2, 0.25) is 0 Å². The molecule has 0 unspecified atom stereocenters. The third kappa shape index (κ3) is 6.00. The van der Waals surface area contributed by atoms with Gasteiger partial charge in [-0.05, 0) is 55.8 Å². The molecule has 0 aromatic heterocycles. The Balaban J connectivity index is 1.91. The van der Waals surface area contributed by atoms with Crippen molar-refractivity contribution in [3.05, 3.63) is 88.4 Å². The van der Waals surface area contributed by atoms with E-state index in [9.17, 15) is 13.2 Å². The summed E-state index contributed by atoms with van der Waals surface area (Å²) in [6, 6.07) is 20.5. The molecule has 9 heteroatoms. The Morgan fingerprint density at radius 3 is 2.30 bits per heavy atom. The molecule has 0 heterocycles. The Hall–Kier alpha value is -3.17. The number of amides is 1. The molecular formula is C24H24BrN3O4S. The number of ether oxygens (including phenoxy) is 1. The van der Waals surface area contributed by atoms with Crippen molar-refractivity contribution in [1.82, 2.24) is 5.43 Å². The fraction of sp³-hybridized carbons (Fsp3) is 0.167. The van der Waals surface area contributed by atoms with Crippen LogP contribution in [0, 0.1) is 6.92 Å². The molecule has 0 saturated heterocycles. The largest absolute Gasteiger partial charge is 0.495 e. The predicted molar refractivity (Wildman–Crippen MR) is 133 cm³/mol. The predicted octanol–water partition coefficient (Wildman–Crippen LogP) is 4.50. The first-order valence-corrected chi connectivity index (χ1v) is 12.3. The van der Waals surface area contributed by atoms with Gasteiger partial charge in [0.1, 0.15) is 12.3 Å². The third-order valence-corrected chi connectivity index (χ3v) is 7.16. The summed E-state index contributed by atoms with van der Waals surface area (Å²) in [5.41, 5.74) is 5.05. The first-order valence-electron chi connectivity index (χ1n) is 10.0. The van der Waals surface area contributed by atoms with Crippen molar-refractivity contribution in [3.8, 4) is 5.75 Å². The summed E-state index contributed by atoms with van der Waals surface area (Å²) in [5, 5.41) is 4.13. The Kier molecular flexibility index (Phi) is 7.88. The molecule has 0 fully saturated rings. The van der Waals surface area contributed by atoms with Crippen LogP contribution >= 0.6 is 15.9 Å². The van der Waals surface area contributed by atoms with E-state index in [0.29, 0.717) is 11.5 Å². The van der Waals surface area contributed by atoms with E-state index in [1.807, 2.05) is 31.2 Å². The van der Waals surface area contributed by atoms with Gasteiger partial charge in [-0.25, -0.2) is 13.8 Å². The highest BCUT2D eigenvalue weighted by Gasteiger charge is 2.29. The number of aryl methyl sites for hydroxylation is 1. The number of para-hydroxylation sites is 2. The van der Waals surface area contributed by atoms with E-state index >= 15 is 0 Å². The second-order valence-electron chi connectivity index (χ2n) is 7.24. The second-order valence-corrected chi connectivity index (χ2v) is 10.0. The Morgan fingerprint density at radius 1 is 1.03 bits per heavy atom. The molecule has 0 bridgehead atoms. The summed E-state index contributed by atoms with van der Waals surface area (Å²) in [6.45, 7) is 3.14. The van der Waals surface area contributed by atoms with Gasteiger partial charge in [0.25, 0.3) is 15.9 Å². The van der Waals surface area contributed by atoms with Crippen LogP contribution in [0.15, 0.2) is 87.3 Å². The zero-order valence-electron chi connectivity index (χ0n) is 18.4. The number of rotatable bonds is 8. The molecule has 3 aromatic rings. The number of hydrogen-bond donors (Lipinski definition) is 1. The van der Waals surface area contributed by atoms with Crippen molar-refractivity contribution < 1.29 is 17.9 Å². The molecule has 3 rings (SSSR count). The van der Waals surface area contributed by atoms with Gasteiger partial charge in [-0.2, -0.15) is 5.10 Å². The number of hydrazone groups is 1. The zero-order valence-corrected chi connectivity index (χ0v) is 20.9. The van der Waals surface area contributed by atoms with Crippen molar-refractivity contribution in [3.63, 3.8) is 0 Å². The minimum atomic E-state index is -4.06. The average molecular weight is 530 g/mol. The topological polar surface area (TPSA) is 88.1 Å². The van der Waals surface area contributed by atoms with Crippen molar-refractivity contribution in [2.24, 2.45) is 5.10 Å². The van der Waals surface area contributed by atoms with Crippen LogP contribution in [-0.4, -0.2) is 33.7 Å². The lowest BCUT2D eigenvalue weighted by Gasteiger charge is -2.25. The van der Waals surface area contributed by atoms with Crippen LogP contribution in [0.4, 0.5) is 5.69 Å². The van der Waals surface area contributed by atoms with Gasteiger partial charge < -0.3 is 4.74 Å². The van der Waals surface area contributed by atoms with Crippen LogP contribution in [0.3, 0.4) is 0 Å². The lowest BCUT2D eigenvalue weighted by atomic mass is 10.1. The van der Waals surface area contributed by atoms with Gasteiger partial charge in [0.05, 0.1) is 23.4 Å².